The molecule has 0 heterocycles. The molecule has 0 spiro atoms. The average molecular weight is 866 g/mol. The molecule has 3 N–H and O–H groups in total. The van der Waals surface area contributed by atoms with Crippen molar-refractivity contribution in [3.63, 3.8) is 0 Å². The number of carbonyl (C=O) groups is 4. The van der Waals surface area contributed by atoms with Crippen molar-refractivity contribution in [1.82, 2.24) is 0 Å². The van der Waals surface area contributed by atoms with Gasteiger partial charge in [-0.15, -0.1) is 0 Å². The molecule has 0 saturated heterocycles. The van der Waals surface area contributed by atoms with Gasteiger partial charge < -0.3 is 25.2 Å². The van der Waals surface area contributed by atoms with Crippen molar-refractivity contribution in [2.75, 3.05) is 49.3 Å². The molecule has 269 valence electrons. The molecule has 4 aromatic carbocycles. The van der Waals surface area contributed by atoms with Crippen molar-refractivity contribution in [2.45, 2.75) is 0 Å². The predicted molar refractivity (Wildman–Crippen MR) is 213 cm³/mol. The van der Waals surface area contributed by atoms with Crippen LogP contribution >= 0.6 is 45.9 Å². The van der Waals surface area contributed by atoms with Gasteiger partial charge in [0, 0.05) is 31.7 Å². The molecule has 14 heteroatoms. The second-order valence-corrected chi connectivity index (χ2v) is 21.7. The Balaban J connectivity index is 0.000000330. The summed E-state index contributed by atoms with van der Waals surface area (Å²) in [6.07, 6.45) is 3.65. The van der Waals surface area contributed by atoms with Crippen LogP contribution in [0.5, 0.6) is 0 Å². The van der Waals surface area contributed by atoms with Crippen LogP contribution in [0.2, 0.25) is 0 Å². The van der Waals surface area contributed by atoms with E-state index < -0.39 is 55.6 Å². The normalized spacial score (nSPS) is 12.8. The Morgan fingerprint density at radius 3 is 0.820 bits per heavy atom. The number of rotatable bonds is 18. The zero-order valence-corrected chi connectivity index (χ0v) is 33.9. The third-order valence-corrected chi connectivity index (χ3v) is 19.6. The third-order valence-electron chi connectivity index (χ3n) is 7.64. The molecule has 0 aliphatic rings. The van der Waals surface area contributed by atoms with Crippen LogP contribution in [0.25, 0.3) is 0 Å². The molecule has 50 heavy (non-hydrogen) atoms. The first-order chi connectivity index (χ1) is 24.1. The number of hydrogen-bond acceptors (Lipinski definition) is 5. The monoisotopic (exact) mass is 864 g/mol. The summed E-state index contributed by atoms with van der Waals surface area (Å²) < 4.78 is 0. The minimum atomic E-state index is -1.29. The van der Waals surface area contributed by atoms with E-state index in [1.807, 2.05) is 121 Å². The predicted octanol–water partition coefficient (Wildman–Crippen LogP) is 3.98. The van der Waals surface area contributed by atoms with E-state index in [9.17, 15) is 39.6 Å². The molecule has 0 saturated carbocycles. The van der Waals surface area contributed by atoms with Gasteiger partial charge >= 0.3 is 45.8 Å². The summed E-state index contributed by atoms with van der Waals surface area (Å²) in [6, 6.07) is 38.9. The van der Waals surface area contributed by atoms with Crippen molar-refractivity contribution >= 4 is 91.0 Å². The van der Waals surface area contributed by atoms with Crippen LogP contribution in [-0.2, 0) is 32.9 Å². The van der Waals surface area contributed by atoms with Crippen molar-refractivity contribution in [3.8, 4) is 0 Å². The Hall–Kier alpha value is -2.55. The molecule has 0 fully saturated rings. The van der Waals surface area contributed by atoms with Crippen molar-refractivity contribution in [2.24, 2.45) is 0 Å². The van der Waals surface area contributed by atoms with Crippen LogP contribution in [0.3, 0.4) is 0 Å². The molecule has 4 rings (SSSR count). The van der Waals surface area contributed by atoms with Crippen molar-refractivity contribution < 1.29 is 53.3 Å². The van der Waals surface area contributed by atoms with Gasteiger partial charge in [-0.1, -0.05) is 72.8 Å². The van der Waals surface area contributed by atoms with Crippen LogP contribution in [0, 0.1) is 0 Å². The third kappa shape index (κ3) is 17.6. The summed E-state index contributed by atoms with van der Waals surface area (Å²) >= 11 is 6.25. The van der Waals surface area contributed by atoms with E-state index in [-0.39, 0.29) is 24.6 Å². The molecule has 0 aliphatic heterocycles. The molecular formula is C36H43BrNiO8P4+3. The number of hydrogen-bond donors (Lipinski definition) is 3. The molecule has 0 aliphatic carbocycles. The Kier molecular flexibility index (Phi) is 22.2. The summed E-state index contributed by atoms with van der Waals surface area (Å²) in [7, 11) is -4.99. The van der Waals surface area contributed by atoms with Crippen LogP contribution < -0.4 is 26.3 Å². The number of halogens is 1. The number of carbonyl (C=O) groups excluding carboxylic acids is 1. The summed E-state index contributed by atoms with van der Waals surface area (Å²) in [5, 5.41) is 43.1. The molecular weight excluding hydrogens is 823 g/mol. The van der Waals surface area contributed by atoms with E-state index in [1.165, 1.54) is 0 Å². The fraction of sp³-hybridized carbons (Fsp3) is 0.222. The fourth-order valence-electron chi connectivity index (χ4n) is 5.36. The van der Waals surface area contributed by atoms with Gasteiger partial charge in [0.25, 0.3) is 0 Å². The van der Waals surface area contributed by atoms with E-state index in [2.05, 4.69) is 27.9 Å². The second kappa shape index (κ2) is 25.4. The summed E-state index contributed by atoms with van der Waals surface area (Å²) in [5.74, 6) is -3.38. The van der Waals surface area contributed by atoms with Gasteiger partial charge in [0.2, 0.25) is 0 Å². The second-order valence-electron chi connectivity index (χ2n) is 11.1. The van der Waals surface area contributed by atoms with Gasteiger partial charge in [-0.25, -0.2) is 14.4 Å². The van der Waals surface area contributed by atoms with Crippen molar-refractivity contribution in [3.05, 3.63) is 121 Å². The summed E-state index contributed by atoms with van der Waals surface area (Å²) in [4.78, 5) is 44.7. The average Bonchev–Trinajstić information content (AvgIpc) is 3.12. The van der Waals surface area contributed by atoms with Gasteiger partial charge in [-0.2, -0.15) is 0 Å². The van der Waals surface area contributed by atoms with Crippen LogP contribution in [-0.4, -0.2) is 88.5 Å². The molecule has 0 amide bonds. The van der Waals surface area contributed by atoms with E-state index in [1.54, 1.807) is 0 Å². The van der Waals surface area contributed by atoms with E-state index in [0.29, 0.717) is 0 Å². The van der Waals surface area contributed by atoms with Crippen LogP contribution in [0.15, 0.2) is 121 Å². The molecule has 0 aromatic heterocycles. The number of carboxylic acids is 4. The van der Waals surface area contributed by atoms with Gasteiger partial charge in [0.15, 0.2) is 18.5 Å². The molecule has 4 unspecified atom stereocenters. The SMILES string of the molecule is O=C(O)C[PH+](CC[PH+](CC(=O)O)c1ccccc1)c1ccccc1.O=C([O-])C[PH+](CC[PH+](CC(=O)O)c1ccccc1)c1ccccc1.[Ni][Br]. The molecule has 4 aromatic rings. The quantitative estimate of drug-likeness (QED) is 0.101. The topological polar surface area (TPSA) is 152 Å². The van der Waals surface area contributed by atoms with Gasteiger partial charge in [0.05, 0.1) is 51.8 Å². The van der Waals surface area contributed by atoms with Gasteiger partial charge in [-0.05, 0) is 48.5 Å². The Labute approximate surface area is 313 Å². The van der Waals surface area contributed by atoms with E-state index >= 15 is 0 Å². The number of aliphatic carboxylic acids is 4. The first-order valence-corrected chi connectivity index (χ1v) is 25.8. The summed E-state index contributed by atoms with van der Waals surface area (Å²) in [6.45, 7) is 0. The maximum atomic E-state index is 11.2. The standard InChI is InChI=1S/2C18H20O4P2.BrH.Ni/c2*19-17(20)13-23(15-7-3-1-4-8-15)11-12-24(14-18(21)22)16-9-5-2-6-10-16;;/h2*1-10H,11-14H2,(H,19,20)(H,21,22);1H;/q;;;+1/p+2. The Bertz CT molecular complexity index is 1340. The van der Waals surface area contributed by atoms with Gasteiger partial charge in [-0.3, -0.25) is 0 Å². The molecule has 4 atom stereocenters. The Morgan fingerprint density at radius 2 is 0.640 bits per heavy atom. The number of benzene rings is 4. The zero-order valence-electron chi connectivity index (χ0n) is 27.3. The maximum absolute atomic E-state index is 11.2. The van der Waals surface area contributed by atoms with Crippen molar-refractivity contribution in [1.29, 1.82) is 0 Å². The molecule has 8 nitrogen and oxygen atoms in total. The molecule has 0 bridgehead atoms. The van der Waals surface area contributed by atoms with Crippen LogP contribution in [0.1, 0.15) is 0 Å². The van der Waals surface area contributed by atoms with Crippen LogP contribution in [0.4, 0.5) is 0 Å². The Morgan fingerprint density at radius 1 is 0.440 bits per heavy atom. The van der Waals surface area contributed by atoms with E-state index in [0.717, 1.165) is 45.9 Å². The van der Waals surface area contributed by atoms with E-state index in [4.69, 9.17) is 0 Å². The first kappa shape index (κ1) is 43.6. The fourth-order valence-corrected chi connectivity index (χ4v) is 17.0. The minimum absolute atomic E-state index is 0.0612. The molecule has 0 radical (unpaired) electrons. The first-order valence-electron chi connectivity index (χ1n) is 15.7. The number of carboxylic acid groups (broad SMARTS) is 4. The summed E-state index contributed by atoms with van der Waals surface area (Å²) in [5.41, 5.74) is 0. The van der Waals surface area contributed by atoms with Gasteiger partial charge in [0.1, 0.15) is 6.16 Å². The zero-order chi connectivity index (χ0) is 36.7.